The molecule has 1 saturated carbocycles. The number of aromatic nitrogens is 3. The Labute approximate surface area is 283 Å². The van der Waals surface area contributed by atoms with Gasteiger partial charge in [-0.15, -0.1) is 0 Å². The van der Waals surface area contributed by atoms with Gasteiger partial charge < -0.3 is 4.42 Å². The number of nitriles is 1. The van der Waals surface area contributed by atoms with E-state index in [0.717, 1.165) is 56.9 Å². The van der Waals surface area contributed by atoms with Crippen LogP contribution in [0.2, 0.25) is 0 Å². The Morgan fingerprint density at radius 2 is 1.29 bits per heavy atom. The SMILES string of the molecule is N#Cc1ccc2c(c1)C1(CCCCC1)c1cccc(-c3nc(-c4ccc5ccccc5c4)nc(-c4ccc5c(c4)oc4ccccc45)n3)c1-2. The highest BCUT2D eigenvalue weighted by Gasteiger charge is 2.45. The van der Waals surface area contributed by atoms with Gasteiger partial charge in [-0.25, -0.2) is 15.0 Å². The zero-order chi connectivity index (χ0) is 32.5. The van der Waals surface area contributed by atoms with Crippen molar-refractivity contribution in [3.63, 3.8) is 0 Å². The van der Waals surface area contributed by atoms with Crippen molar-refractivity contribution >= 4 is 32.7 Å². The Balaban J connectivity index is 1.22. The summed E-state index contributed by atoms with van der Waals surface area (Å²) >= 11 is 0. The molecule has 2 aliphatic rings. The molecule has 0 N–H and O–H groups in total. The number of rotatable bonds is 3. The lowest BCUT2D eigenvalue weighted by molar-refractivity contribution is 0.353. The normalized spacial score (nSPS) is 14.7. The molecule has 2 heterocycles. The Morgan fingerprint density at radius 3 is 2.14 bits per heavy atom. The van der Waals surface area contributed by atoms with Gasteiger partial charge in [-0.3, -0.25) is 0 Å². The quantitative estimate of drug-likeness (QED) is 0.194. The van der Waals surface area contributed by atoms with Crippen LogP contribution in [-0.4, -0.2) is 15.0 Å². The molecule has 6 aromatic carbocycles. The van der Waals surface area contributed by atoms with Crippen LogP contribution in [0.15, 0.2) is 126 Å². The molecule has 10 rings (SSSR count). The molecule has 49 heavy (non-hydrogen) atoms. The number of hydrogen-bond donors (Lipinski definition) is 0. The second-order valence-corrected chi connectivity index (χ2v) is 13.4. The molecule has 0 unspecified atom stereocenters. The van der Waals surface area contributed by atoms with E-state index in [2.05, 4.69) is 97.1 Å². The Bertz CT molecular complexity index is 2670. The first-order valence-electron chi connectivity index (χ1n) is 17.0. The number of nitrogens with zero attached hydrogens (tertiary/aromatic N) is 4. The molecular weight excluding hydrogens is 601 g/mol. The number of fused-ring (bicyclic) bond motifs is 9. The molecule has 0 amide bonds. The molecule has 5 nitrogen and oxygen atoms in total. The number of benzene rings is 6. The standard InChI is InChI=1S/C44H30N4O/c45-26-27-15-19-34-37(23-27)44(21-6-1-7-22-44)36-13-8-12-35(40(34)36)43-47-41(30-17-16-28-9-2-3-10-29(28)24-30)46-42(48-43)31-18-20-33-32-11-4-5-14-38(32)49-39(33)25-31/h2-5,8-20,23-25H,1,6-7,21-22H2. The molecule has 2 aliphatic carbocycles. The smallest absolute Gasteiger partial charge is 0.164 e. The van der Waals surface area contributed by atoms with E-state index < -0.39 is 0 Å². The fraction of sp³-hybridized carbons (Fsp3) is 0.136. The van der Waals surface area contributed by atoms with Crippen LogP contribution in [0, 0.1) is 11.3 Å². The average Bonchev–Trinajstić information content (AvgIpc) is 3.67. The third-order valence-corrected chi connectivity index (χ3v) is 10.7. The molecule has 0 aliphatic heterocycles. The molecule has 0 bridgehead atoms. The van der Waals surface area contributed by atoms with Gasteiger partial charge in [-0.1, -0.05) is 104 Å². The third kappa shape index (κ3) is 4.27. The van der Waals surface area contributed by atoms with Crippen molar-refractivity contribution in [3.05, 3.63) is 138 Å². The minimum atomic E-state index is -0.102. The molecule has 232 valence electrons. The monoisotopic (exact) mass is 630 g/mol. The van der Waals surface area contributed by atoms with Gasteiger partial charge in [0.2, 0.25) is 0 Å². The largest absolute Gasteiger partial charge is 0.456 e. The molecule has 8 aromatic rings. The number of hydrogen-bond acceptors (Lipinski definition) is 5. The van der Waals surface area contributed by atoms with E-state index in [1.165, 1.54) is 46.9 Å². The van der Waals surface area contributed by atoms with Crippen LogP contribution in [0.25, 0.3) is 78.0 Å². The summed E-state index contributed by atoms with van der Waals surface area (Å²) in [5.74, 6) is 1.86. The van der Waals surface area contributed by atoms with Crippen LogP contribution in [0.1, 0.15) is 48.8 Å². The van der Waals surface area contributed by atoms with Crippen molar-refractivity contribution in [1.82, 2.24) is 15.0 Å². The summed E-state index contributed by atoms with van der Waals surface area (Å²) in [7, 11) is 0. The minimum Gasteiger partial charge on any atom is -0.456 e. The number of para-hydroxylation sites is 1. The molecule has 2 aromatic heterocycles. The lowest BCUT2D eigenvalue weighted by Gasteiger charge is -2.36. The van der Waals surface area contributed by atoms with Gasteiger partial charge >= 0.3 is 0 Å². The highest BCUT2D eigenvalue weighted by Crippen LogP contribution is 2.58. The van der Waals surface area contributed by atoms with Gasteiger partial charge in [0.15, 0.2) is 17.5 Å². The lowest BCUT2D eigenvalue weighted by atomic mass is 9.67. The fourth-order valence-electron chi connectivity index (χ4n) is 8.44. The zero-order valence-corrected chi connectivity index (χ0v) is 26.8. The summed E-state index contributed by atoms with van der Waals surface area (Å²) in [4.78, 5) is 15.6. The first-order valence-corrected chi connectivity index (χ1v) is 17.0. The van der Waals surface area contributed by atoms with Gasteiger partial charge in [0.1, 0.15) is 11.2 Å². The predicted molar refractivity (Wildman–Crippen MR) is 195 cm³/mol. The van der Waals surface area contributed by atoms with E-state index >= 15 is 0 Å². The molecule has 0 saturated heterocycles. The van der Waals surface area contributed by atoms with Crippen molar-refractivity contribution in [1.29, 1.82) is 5.26 Å². The first-order chi connectivity index (χ1) is 24.2. The van der Waals surface area contributed by atoms with E-state index in [-0.39, 0.29) is 5.41 Å². The van der Waals surface area contributed by atoms with Crippen LogP contribution in [-0.2, 0) is 5.41 Å². The molecular formula is C44H30N4O. The molecule has 1 spiro atoms. The van der Waals surface area contributed by atoms with Crippen molar-refractivity contribution in [2.75, 3.05) is 0 Å². The zero-order valence-electron chi connectivity index (χ0n) is 26.8. The van der Waals surface area contributed by atoms with E-state index in [4.69, 9.17) is 19.4 Å². The summed E-state index contributed by atoms with van der Waals surface area (Å²) < 4.78 is 6.28. The van der Waals surface area contributed by atoms with Crippen LogP contribution < -0.4 is 0 Å². The summed E-state index contributed by atoms with van der Waals surface area (Å²) in [5, 5.41) is 14.3. The minimum absolute atomic E-state index is 0.102. The molecule has 1 fully saturated rings. The van der Waals surface area contributed by atoms with Crippen molar-refractivity contribution in [2.24, 2.45) is 0 Å². The summed E-state index contributed by atoms with van der Waals surface area (Å²) in [5.41, 5.74) is 10.0. The van der Waals surface area contributed by atoms with Crippen LogP contribution in [0.4, 0.5) is 0 Å². The highest BCUT2D eigenvalue weighted by molar-refractivity contribution is 6.05. The summed E-state index contributed by atoms with van der Waals surface area (Å²) in [6, 6.07) is 44.3. The summed E-state index contributed by atoms with van der Waals surface area (Å²) in [6.45, 7) is 0. The van der Waals surface area contributed by atoms with Crippen molar-refractivity contribution in [2.45, 2.75) is 37.5 Å². The molecule has 5 heteroatoms. The third-order valence-electron chi connectivity index (χ3n) is 10.7. The van der Waals surface area contributed by atoms with E-state index in [1.807, 2.05) is 30.3 Å². The van der Waals surface area contributed by atoms with Gasteiger partial charge in [-0.05, 0) is 82.3 Å². The average molecular weight is 631 g/mol. The van der Waals surface area contributed by atoms with E-state index in [1.54, 1.807) is 0 Å². The van der Waals surface area contributed by atoms with Crippen molar-refractivity contribution in [3.8, 4) is 51.4 Å². The maximum absolute atomic E-state index is 9.87. The second-order valence-electron chi connectivity index (χ2n) is 13.4. The van der Waals surface area contributed by atoms with E-state index in [0.29, 0.717) is 23.0 Å². The van der Waals surface area contributed by atoms with Crippen LogP contribution >= 0.6 is 0 Å². The lowest BCUT2D eigenvalue weighted by Crippen LogP contribution is -2.28. The predicted octanol–water partition coefficient (Wildman–Crippen LogP) is 11.0. The van der Waals surface area contributed by atoms with Crippen LogP contribution in [0.5, 0.6) is 0 Å². The Hall–Kier alpha value is -6.12. The Kier molecular flexibility index (Phi) is 6.10. The first kappa shape index (κ1) is 27.9. The summed E-state index contributed by atoms with van der Waals surface area (Å²) in [6.07, 6.45) is 5.74. The topological polar surface area (TPSA) is 75.6 Å². The van der Waals surface area contributed by atoms with Gasteiger partial charge in [0.05, 0.1) is 11.6 Å². The maximum atomic E-state index is 9.87. The fourth-order valence-corrected chi connectivity index (χ4v) is 8.44. The maximum Gasteiger partial charge on any atom is 0.164 e. The van der Waals surface area contributed by atoms with Crippen LogP contribution in [0.3, 0.4) is 0 Å². The van der Waals surface area contributed by atoms with Crippen molar-refractivity contribution < 1.29 is 4.42 Å². The van der Waals surface area contributed by atoms with Gasteiger partial charge in [-0.2, -0.15) is 5.26 Å². The second kappa shape index (κ2) is 10.7. The van der Waals surface area contributed by atoms with E-state index in [9.17, 15) is 5.26 Å². The Morgan fingerprint density at radius 1 is 0.551 bits per heavy atom. The van der Waals surface area contributed by atoms with Gasteiger partial charge in [0.25, 0.3) is 0 Å². The number of furan rings is 1. The molecule has 0 radical (unpaired) electrons. The highest BCUT2D eigenvalue weighted by atomic mass is 16.3. The molecule has 0 atom stereocenters. The van der Waals surface area contributed by atoms with Gasteiger partial charge in [0, 0.05) is 32.9 Å².